The Morgan fingerprint density at radius 2 is 0.584 bits per heavy atom. The molecular formula is C121H102N12O16. The van der Waals surface area contributed by atoms with Gasteiger partial charge in [0.2, 0.25) is 0 Å². The highest BCUT2D eigenvalue weighted by Gasteiger charge is 2.31. The molecule has 0 amide bonds. The standard InChI is InChI=1S/C33H31N3O4.C32H25N3O4.2C28H23N3O4/c1-3-5-7-19(4-2)18-40-33-35-31(34-32(36-33)30-26(38)16-23(37)17-27(30)39)25-15-13-22-11-10-20-8-6-9-21-12-14-24(25)29(22)28(20)21;36-19-15-27(37)29(28(38)16-19)31-33-30(34-32(35-31)39-20-8-2-3-9-20)26-17-25-21-10-4-1-7-18(21)13-14-24(25)22-11-5-6-12-23(22)26;32-18-14-22(33)25(23(34)15-18)27-29-26(30-28(31-27)35-19-9-3-4-10-19)24-20-11-5-1-7-16(20)13-17-8-2-6-12-21(17)24;32-21-14-23(33)25(24(34)15-21)27-29-26(30-28(31-27)35-22-7-3-4-8-22)19-10-9-18-11-16-5-1-2-6-17(16)12-20(18)13-19/h6,8-17,19,37-39H,3-5,7,18H2,1-2H3;1,4-7,10-17,20,36-38H,2-3,8-9H2;1-2,5-8,11-15,19,32-34H,3-4,9-10H2;1-2,5-6,9-15,22,32-34H,3-4,7-8H2. The average Bonchev–Trinajstić information content (AvgIpc) is 1.72. The van der Waals surface area contributed by atoms with Crippen LogP contribution in [-0.4, -0.2) is 146 Å². The number of unbranched alkanes of at least 4 members (excludes halogenated alkanes) is 1. The van der Waals surface area contributed by atoms with E-state index in [0.717, 1.165) is 270 Å². The van der Waals surface area contributed by atoms with Crippen molar-refractivity contribution in [3.8, 4) is 184 Å². The van der Waals surface area contributed by atoms with Crippen molar-refractivity contribution < 1.29 is 80.2 Å². The number of hydrogen-bond acceptors (Lipinski definition) is 28. The molecule has 25 rings (SSSR count). The number of phenols is 12. The summed E-state index contributed by atoms with van der Waals surface area (Å²) in [6.07, 6.45) is 16.3. The zero-order valence-electron chi connectivity index (χ0n) is 81.3. The van der Waals surface area contributed by atoms with Crippen LogP contribution in [0.5, 0.6) is 93.0 Å². The first kappa shape index (κ1) is 95.5. The monoisotopic (exact) mass is 1980 g/mol. The number of aromatic hydroxyl groups is 12. The fourth-order valence-electron chi connectivity index (χ4n) is 20.7. The van der Waals surface area contributed by atoms with Crippen molar-refractivity contribution in [1.82, 2.24) is 59.8 Å². The molecule has 149 heavy (non-hydrogen) atoms. The van der Waals surface area contributed by atoms with E-state index in [1.54, 1.807) is 0 Å². The Hall–Kier alpha value is -18.3. The summed E-state index contributed by atoms with van der Waals surface area (Å²) in [5.41, 5.74) is 3.16. The normalized spacial score (nSPS) is 13.6. The first-order valence-electron chi connectivity index (χ1n) is 50.1. The molecule has 0 spiro atoms. The van der Waals surface area contributed by atoms with E-state index in [1.165, 1.54) is 10.8 Å². The van der Waals surface area contributed by atoms with Gasteiger partial charge in [-0.1, -0.05) is 227 Å². The highest BCUT2D eigenvalue weighted by atomic mass is 16.5. The number of ether oxygens (including phenoxy) is 4. The van der Waals surface area contributed by atoms with Crippen LogP contribution in [-0.2, 0) is 0 Å². The third-order valence-electron chi connectivity index (χ3n) is 28.1. The van der Waals surface area contributed by atoms with Gasteiger partial charge in [-0.25, -0.2) is 19.9 Å². The highest BCUT2D eigenvalue weighted by molar-refractivity contribution is 6.26. The van der Waals surface area contributed by atoms with Gasteiger partial charge in [-0.3, -0.25) is 0 Å². The summed E-state index contributed by atoms with van der Waals surface area (Å²) in [6, 6.07) is 87.8. The molecule has 0 saturated heterocycles. The second-order valence-corrected chi connectivity index (χ2v) is 38.1. The molecule has 1 unspecified atom stereocenters. The van der Waals surface area contributed by atoms with Crippen LogP contribution in [0.15, 0.2) is 279 Å². The van der Waals surface area contributed by atoms with E-state index in [4.69, 9.17) is 48.9 Å². The van der Waals surface area contributed by atoms with Crippen LogP contribution in [0.1, 0.15) is 117 Å². The zero-order valence-corrected chi connectivity index (χ0v) is 81.3. The fraction of sp³-hybridized carbons (Fsp3) is 0.190. The number of fused-ring (bicyclic) bond motifs is 9. The third kappa shape index (κ3) is 19.7. The maximum absolute atomic E-state index is 10.6. The van der Waals surface area contributed by atoms with Crippen LogP contribution >= 0.6 is 0 Å². The van der Waals surface area contributed by atoms with Crippen LogP contribution in [0.3, 0.4) is 0 Å². The molecule has 0 aliphatic heterocycles. The summed E-state index contributed by atoms with van der Waals surface area (Å²) in [4.78, 5) is 55.3. The molecule has 28 heteroatoms. The molecule has 3 saturated carbocycles. The lowest BCUT2D eigenvalue weighted by Gasteiger charge is -2.17. The molecule has 12 N–H and O–H groups in total. The van der Waals surface area contributed by atoms with Gasteiger partial charge in [0.1, 0.15) is 110 Å². The largest absolute Gasteiger partial charge is 0.508 e. The second kappa shape index (κ2) is 41.0. The molecule has 3 fully saturated rings. The molecule has 3 aliphatic carbocycles. The SMILES string of the molecule is CCCCC(CC)COc1nc(-c2c(O)cc(O)cc2O)nc(-c2ccc3ccc4cccc5ccc2c3c45)n1.Oc1cc(O)c(-c2nc(OC3CCCC3)nc(-c3c4ccccc4cc4ccccc34)n2)c(O)c1.Oc1cc(O)c(-c2nc(OC3CCCC3)nc(-c3cc4c5ccccc5ccc4c4ccccc34)n2)c(O)c1.Oc1cc(O)c(-c2nc(OC3CCCC3)nc(-c3ccc4cc5ccccc5cc4c3)n2)c(O)c1. The molecule has 0 radical (unpaired) electrons. The van der Waals surface area contributed by atoms with E-state index in [9.17, 15) is 61.3 Å². The van der Waals surface area contributed by atoms with Crippen LogP contribution in [0.25, 0.3) is 199 Å². The molecule has 18 aromatic carbocycles. The summed E-state index contributed by atoms with van der Waals surface area (Å²) in [5.74, 6) is -1.69. The number of hydrogen-bond donors (Lipinski definition) is 12. The van der Waals surface area contributed by atoms with E-state index in [-0.39, 0.29) is 157 Å². The van der Waals surface area contributed by atoms with Gasteiger partial charge in [0.25, 0.3) is 0 Å². The summed E-state index contributed by atoms with van der Waals surface area (Å²) in [7, 11) is 0. The van der Waals surface area contributed by atoms with Crippen molar-refractivity contribution in [3.63, 3.8) is 0 Å². The van der Waals surface area contributed by atoms with Crippen molar-refractivity contribution in [2.24, 2.45) is 5.92 Å². The summed E-state index contributed by atoms with van der Waals surface area (Å²) in [5, 5.41) is 145. The molecule has 0 bridgehead atoms. The van der Waals surface area contributed by atoms with Crippen LogP contribution in [0.4, 0.5) is 0 Å². The Balaban J connectivity index is 0.000000113. The van der Waals surface area contributed by atoms with E-state index < -0.39 is 0 Å². The van der Waals surface area contributed by atoms with Crippen molar-refractivity contribution in [1.29, 1.82) is 0 Å². The first-order chi connectivity index (χ1) is 72.6. The van der Waals surface area contributed by atoms with Gasteiger partial charge in [0, 0.05) is 70.8 Å². The van der Waals surface area contributed by atoms with Gasteiger partial charge in [0.15, 0.2) is 46.6 Å². The number of nitrogens with zero attached hydrogens (tertiary/aromatic N) is 12. The molecule has 3 aliphatic rings. The van der Waals surface area contributed by atoms with Crippen molar-refractivity contribution >= 4 is 108 Å². The first-order valence-corrected chi connectivity index (χ1v) is 50.1. The Kier molecular flexibility index (Phi) is 26.3. The molecular weight excluding hydrogens is 1880 g/mol. The fourth-order valence-corrected chi connectivity index (χ4v) is 20.7. The molecule has 28 nitrogen and oxygen atoms in total. The third-order valence-corrected chi connectivity index (χ3v) is 28.1. The highest BCUT2D eigenvalue weighted by Crippen LogP contribution is 2.49. The van der Waals surface area contributed by atoms with E-state index >= 15 is 0 Å². The lowest BCUT2D eigenvalue weighted by atomic mass is 9.92. The zero-order chi connectivity index (χ0) is 102. The summed E-state index contributed by atoms with van der Waals surface area (Å²) in [6.45, 7) is 4.77. The minimum Gasteiger partial charge on any atom is -0.508 e. The molecule has 4 heterocycles. The van der Waals surface area contributed by atoms with Gasteiger partial charge < -0.3 is 80.2 Å². The van der Waals surface area contributed by atoms with Gasteiger partial charge in [0.05, 0.1) is 6.61 Å². The van der Waals surface area contributed by atoms with Gasteiger partial charge in [-0.05, 0) is 234 Å². The molecule has 742 valence electrons. The molecule has 4 aromatic heterocycles. The summed E-state index contributed by atoms with van der Waals surface area (Å²) >= 11 is 0. The van der Waals surface area contributed by atoms with Gasteiger partial charge >= 0.3 is 24.0 Å². The van der Waals surface area contributed by atoms with E-state index in [2.05, 4.69) is 159 Å². The smallest absolute Gasteiger partial charge is 0.320 e. The predicted molar refractivity (Wildman–Crippen MR) is 576 cm³/mol. The Bertz CT molecular complexity index is 8770. The maximum atomic E-state index is 10.6. The minimum absolute atomic E-state index is 0.00189. The topological polar surface area (TPSA) is 434 Å². The lowest BCUT2D eigenvalue weighted by Crippen LogP contribution is -2.14. The average molecular weight is 1980 g/mol. The quantitative estimate of drug-likeness (QED) is 0.0235. The van der Waals surface area contributed by atoms with Gasteiger partial charge in [-0.2, -0.15) is 39.9 Å². The maximum Gasteiger partial charge on any atom is 0.320 e. The van der Waals surface area contributed by atoms with Crippen molar-refractivity contribution in [2.45, 2.75) is 135 Å². The second-order valence-electron chi connectivity index (χ2n) is 38.1. The molecule has 22 aromatic rings. The number of phenolic OH excluding ortho intramolecular Hbond substituents is 12. The van der Waals surface area contributed by atoms with Crippen LogP contribution in [0.2, 0.25) is 0 Å². The number of rotatable bonds is 21. The number of benzene rings is 18. The van der Waals surface area contributed by atoms with Gasteiger partial charge in [-0.15, -0.1) is 0 Å². The summed E-state index contributed by atoms with van der Waals surface area (Å²) < 4.78 is 24.6. The minimum atomic E-state index is -0.342. The number of aromatic nitrogens is 12. The Morgan fingerprint density at radius 1 is 0.248 bits per heavy atom. The van der Waals surface area contributed by atoms with Crippen LogP contribution in [0, 0.1) is 5.92 Å². The molecule has 1 atom stereocenters. The van der Waals surface area contributed by atoms with E-state index in [0.29, 0.717) is 35.8 Å². The Morgan fingerprint density at radius 3 is 1.07 bits per heavy atom. The van der Waals surface area contributed by atoms with E-state index in [1.807, 2.05) is 115 Å². The van der Waals surface area contributed by atoms with Crippen molar-refractivity contribution in [2.75, 3.05) is 6.61 Å². The Labute approximate surface area is 853 Å². The lowest BCUT2D eigenvalue weighted by molar-refractivity contribution is 0.192. The van der Waals surface area contributed by atoms with Crippen molar-refractivity contribution in [3.05, 3.63) is 279 Å². The van der Waals surface area contributed by atoms with Crippen LogP contribution < -0.4 is 18.9 Å². The predicted octanol–water partition coefficient (Wildman–Crippen LogP) is 26.8.